The van der Waals surface area contributed by atoms with Gasteiger partial charge in [0.25, 0.3) is 0 Å². The smallest absolute Gasteiger partial charge is 0.246 e. The van der Waals surface area contributed by atoms with Gasteiger partial charge in [-0.15, -0.1) is 0 Å². The van der Waals surface area contributed by atoms with Crippen LogP contribution < -0.4 is 43.0 Å². The minimum atomic E-state index is -1.22. The Morgan fingerprint density at radius 1 is 0.594 bits per heavy atom. The van der Waals surface area contributed by atoms with Gasteiger partial charge in [-0.3, -0.25) is 43.2 Å². The maximum Gasteiger partial charge on any atom is 0.246 e. The molecule has 0 aliphatic carbocycles. The quantitative estimate of drug-likeness (QED) is 0.0664. The van der Waals surface area contributed by atoms with Crippen LogP contribution in [0.25, 0.3) is 0 Å². The van der Waals surface area contributed by atoms with E-state index in [0.29, 0.717) is 24.0 Å². The number of primary amides is 1. The normalized spacial score (nSPS) is 16.1. The van der Waals surface area contributed by atoms with Gasteiger partial charge in [-0.05, 0) is 84.7 Å². The summed E-state index contributed by atoms with van der Waals surface area (Å²) in [6, 6.07) is 4.34. The van der Waals surface area contributed by atoms with Crippen molar-refractivity contribution in [3.8, 4) is 11.5 Å². The fourth-order valence-corrected chi connectivity index (χ4v) is 7.95. The van der Waals surface area contributed by atoms with Gasteiger partial charge in [0, 0.05) is 26.3 Å². The Labute approximate surface area is 404 Å². The standard InChI is InChI=1S/C49H73N9O11/c1-26(2)21-35(52-30(9)59)44(64)54-38(24-32-14-18-34(61)19-15-32)47(67)57-42(29(7)8)49(69)58-20-10-11-39(58)48(68)51-25-40(62)53-36(22-27(3)4)45(65)55-37(23-31-12-16-33(60)17-13-31)46(66)56-41(28(5)6)43(50)63/h12-19,26-29,35-39,41-42,60-61H,10-11,20-25H2,1-9H3,(H2,50,63)(H,51,68)(H,52,59)(H,53,62)(H,54,64)(H,55,65)(H,56,66)(H,57,67)/t35-,36-,37-,38-,39+,41-,42-/m0/s1. The van der Waals surface area contributed by atoms with Crippen LogP contribution in [0.3, 0.4) is 0 Å². The van der Waals surface area contributed by atoms with Gasteiger partial charge in [0.1, 0.15) is 53.8 Å². The molecule has 3 rings (SSSR count). The highest BCUT2D eigenvalue weighted by molar-refractivity contribution is 5.97. The summed E-state index contributed by atoms with van der Waals surface area (Å²) in [5.74, 6) is -6.73. The van der Waals surface area contributed by atoms with Crippen LogP contribution in [0, 0.1) is 23.7 Å². The van der Waals surface area contributed by atoms with Crippen molar-refractivity contribution in [2.75, 3.05) is 13.1 Å². The number of phenols is 2. The van der Waals surface area contributed by atoms with Gasteiger partial charge >= 0.3 is 0 Å². The molecule has 2 aromatic carbocycles. The van der Waals surface area contributed by atoms with E-state index in [1.165, 1.54) is 36.1 Å². The summed E-state index contributed by atoms with van der Waals surface area (Å²) in [5, 5.41) is 38.3. The number of likely N-dealkylation sites (tertiary alicyclic amines) is 1. The van der Waals surface area contributed by atoms with Crippen molar-refractivity contribution in [3.63, 3.8) is 0 Å². The van der Waals surface area contributed by atoms with Crippen molar-refractivity contribution in [3.05, 3.63) is 59.7 Å². The van der Waals surface area contributed by atoms with Gasteiger partial charge in [-0.1, -0.05) is 79.7 Å². The first kappa shape index (κ1) is 56.6. The van der Waals surface area contributed by atoms with Gasteiger partial charge in [0.05, 0.1) is 6.54 Å². The van der Waals surface area contributed by atoms with Crippen LogP contribution in [0.1, 0.15) is 99.1 Å². The summed E-state index contributed by atoms with van der Waals surface area (Å²) in [5.41, 5.74) is 6.71. The van der Waals surface area contributed by atoms with E-state index in [1.807, 2.05) is 27.7 Å². The lowest BCUT2D eigenvalue weighted by atomic mass is 9.99. The van der Waals surface area contributed by atoms with Crippen LogP contribution in [0.2, 0.25) is 0 Å². The van der Waals surface area contributed by atoms with Crippen molar-refractivity contribution >= 4 is 53.2 Å². The lowest BCUT2D eigenvalue weighted by molar-refractivity contribution is -0.143. The molecule has 0 spiro atoms. The number of phenolic OH excluding ortho intramolecular Hbond substituents is 2. The molecule has 0 unspecified atom stereocenters. The number of carbonyl (C=O) groups is 9. The van der Waals surface area contributed by atoms with Gasteiger partial charge in [-0.25, -0.2) is 0 Å². The molecular formula is C49H73N9O11. The van der Waals surface area contributed by atoms with E-state index >= 15 is 0 Å². The topological polar surface area (TPSA) is 308 Å². The molecule has 1 fully saturated rings. The molecule has 2 aromatic rings. The summed E-state index contributed by atoms with van der Waals surface area (Å²) in [6.45, 7) is 15.2. The number of rotatable bonds is 25. The number of nitrogens with zero attached hydrogens (tertiary/aromatic N) is 1. The Balaban J connectivity index is 1.75. The van der Waals surface area contributed by atoms with Crippen LogP contribution in [0.4, 0.5) is 0 Å². The first-order valence-electron chi connectivity index (χ1n) is 23.6. The van der Waals surface area contributed by atoms with E-state index in [1.54, 1.807) is 52.0 Å². The highest BCUT2D eigenvalue weighted by Crippen LogP contribution is 2.21. The number of amides is 9. The van der Waals surface area contributed by atoms with Crippen LogP contribution in [-0.4, -0.2) is 124 Å². The number of hydrogen-bond donors (Lipinski definition) is 10. The van der Waals surface area contributed by atoms with Crippen LogP contribution in [0.5, 0.6) is 11.5 Å². The molecule has 1 aliphatic heterocycles. The molecule has 0 bridgehead atoms. The Hall–Kier alpha value is -6.73. The van der Waals surface area contributed by atoms with Crippen LogP contribution >= 0.6 is 0 Å². The monoisotopic (exact) mass is 964 g/mol. The Morgan fingerprint density at radius 2 is 1.01 bits per heavy atom. The van der Waals surface area contributed by atoms with E-state index < -0.39 is 108 Å². The third kappa shape index (κ3) is 18.4. The predicted octanol–water partition coefficient (Wildman–Crippen LogP) is 0.808. The number of nitrogens with two attached hydrogens (primary N) is 1. The van der Waals surface area contributed by atoms with Gasteiger partial charge in [0.15, 0.2) is 0 Å². The average Bonchev–Trinajstić information content (AvgIpc) is 3.76. The van der Waals surface area contributed by atoms with Gasteiger partial charge in [-0.2, -0.15) is 0 Å². The van der Waals surface area contributed by atoms with E-state index in [4.69, 9.17) is 5.73 Å². The first-order chi connectivity index (χ1) is 32.4. The summed E-state index contributed by atoms with van der Waals surface area (Å²) in [4.78, 5) is 122. The predicted molar refractivity (Wildman–Crippen MR) is 256 cm³/mol. The first-order valence-corrected chi connectivity index (χ1v) is 23.6. The molecule has 7 atom stereocenters. The van der Waals surface area contributed by atoms with E-state index in [0.717, 1.165) is 0 Å². The van der Waals surface area contributed by atoms with E-state index in [9.17, 15) is 53.4 Å². The summed E-state index contributed by atoms with van der Waals surface area (Å²) < 4.78 is 0. The Bertz CT molecular complexity index is 2110. The zero-order chi connectivity index (χ0) is 51.7. The maximum absolute atomic E-state index is 14.3. The van der Waals surface area contributed by atoms with Crippen molar-refractivity contribution in [1.29, 1.82) is 0 Å². The fourth-order valence-electron chi connectivity index (χ4n) is 7.95. The highest BCUT2D eigenvalue weighted by Gasteiger charge is 2.40. The Kier molecular flexibility index (Phi) is 21.9. The van der Waals surface area contributed by atoms with Gasteiger partial charge in [0.2, 0.25) is 53.2 Å². The number of nitrogens with one attached hydrogen (secondary N) is 7. The molecule has 380 valence electrons. The van der Waals surface area contributed by atoms with Crippen molar-refractivity contribution in [2.24, 2.45) is 29.4 Å². The van der Waals surface area contributed by atoms with Crippen LogP contribution in [-0.2, 0) is 56.0 Å². The molecule has 1 heterocycles. The van der Waals surface area contributed by atoms with Gasteiger partial charge < -0.3 is 58.1 Å². The molecule has 69 heavy (non-hydrogen) atoms. The SMILES string of the molecule is CC(=O)N[C@@H](CC(C)C)C(=O)N[C@@H](Cc1ccc(O)cc1)C(=O)N[C@H](C(=O)N1CCC[C@@H]1C(=O)NCC(=O)N[C@@H](CC(C)C)C(=O)N[C@@H](Cc1ccc(O)cc1)C(=O)N[C@H](C(N)=O)C(C)C)C(C)C. The number of hydrogen-bond acceptors (Lipinski definition) is 11. The van der Waals surface area contributed by atoms with Crippen molar-refractivity contribution in [1.82, 2.24) is 42.1 Å². The van der Waals surface area contributed by atoms with Crippen LogP contribution in [0.15, 0.2) is 48.5 Å². The maximum atomic E-state index is 14.3. The molecule has 20 nitrogen and oxygen atoms in total. The molecular weight excluding hydrogens is 891 g/mol. The summed E-state index contributed by atoms with van der Waals surface area (Å²) in [6.07, 6.45) is 1.09. The van der Waals surface area contributed by atoms with Crippen molar-refractivity contribution < 1.29 is 53.4 Å². The number of benzene rings is 2. The van der Waals surface area contributed by atoms with Crippen molar-refractivity contribution in [2.45, 2.75) is 143 Å². The molecule has 20 heteroatoms. The molecule has 11 N–H and O–H groups in total. The molecule has 0 aromatic heterocycles. The second kappa shape index (κ2) is 26.7. The Morgan fingerprint density at radius 3 is 1.42 bits per heavy atom. The molecule has 9 amide bonds. The zero-order valence-corrected chi connectivity index (χ0v) is 41.2. The third-order valence-corrected chi connectivity index (χ3v) is 11.5. The van der Waals surface area contributed by atoms with E-state index in [2.05, 4.69) is 37.2 Å². The second-order valence-corrected chi connectivity index (χ2v) is 19.3. The lowest BCUT2D eigenvalue weighted by Crippen LogP contribution is -2.60. The fraction of sp³-hybridized carbons (Fsp3) is 0.571. The number of aromatic hydroxyl groups is 2. The summed E-state index contributed by atoms with van der Waals surface area (Å²) in [7, 11) is 0. The largest absolute Gasteiger partial charge is 0.508 e. The third-order valence-electron chi connectivity index (χ3n) is 11.5. The molecule has 0 radical (unpaired) electrons. The van der Waals surface area contributed by atoms with E-state index in [-0.39, 0.29) is 61.5 Å². The summed E-state index contributed by atoms with van der Waals surface area (Å²) >= 11 is 0. The average molecular weight is 964 g/mol. The molecule has 1 aliphatic rings. The highest BCUT2D eigenvalue weighted by atomic mass is 16.3. The lowest BCUT2D eigenvalue weighted by Gasteiger charge is -2.32. The zero-order valence-electron chi connectivity index (χ0n) is 41.2. The second-order valence-electron chi connectivity index (χ2n) is 19.3. The minimum Gasteiger partial charge on any atom is -0.508 e. The molecule has 1 saturated heterocycles. The minimum absolute atomic E-state index is 0.000518. The molecule has 0 saturated carbocycles. The number of carbonyl (C=O) groups excluding carboxylic acids is 9.